The van der Waals surface area contributed by atoms with Gasteiger partial charge >= 0.3 is 6.03 Å². The molecule has 0 atom stereocenters. The maximum Gasteiger partial charge on any atom is 0.320 e. The third-order valence-electron chi connectivity index (χ3n) is 6.31. The van der Waals surface area contributed by atoms with Crippen LogP contribution < -0.4 is 10.6 Å². The Bertz CT molecular complexity index is 1210. The molecular weight excluding hydrogens is 454 g/mol. The summed E-state index contributed by atoms with van der Waals surface area (Å²) in [5.41, 5.74) is 5.83. The molecule has 2 N–H and O–H groups in total. The summed E-state index contributed by atoms with van der Waals surface area (Å²) in [6.45, 7) is 13.4. The fourth-order valence-corrected chi connectivity index (χ4v) is 10.2. The van der Waals surface area contributed by atoms with Crippen LogP contribution in [0, 0.1) is 11.5 Å². The Labute approximate surface area is 197 Å². The van der Waals surface area contributed by atoms with Gasteiger partial charge in [-0.2, -0.15) is 4.98 Å². The molecule has 8 nitrogen and oxygen atoms in total. The number of nitrogens with one attached hydrogen (secondary N) is 2. The Kier molecular flexibility index (Phi) is 7.15. The van der Waals surface area contributed by atoms with E-state index in [1.807, 2.05) is 0 Å². The van der Waals surface area contributed by atoms with Crippen LogP contribution in [0.5, 0.6) is 0 Å². The van der Waals surface area contributed by atoms with Gasteiger partial charge < -0.3 is 5.32 Å². The van der Waals surface area contributed by atoms with Crippen molar-refractivity contribution in [2.45, 2.75) is 82.2 Å². The quantitative estimate of drug-likeness (QED) is 0.357. The lowest BCUT2D eigenvalue weighted by Gasteiger charge is -2.38. The third kappa shape index (κ3) is 5.53. The molecule has 2 amide bonds. The number of rotatable bonds is 6. The van der Waals surface area contributed by atoms with Gasteiger partial charge in [-0.1, -0.05) is 47.5 Å². The van der Waals surface area contributed by atoms with Crippen molar-refractivity contribution in [2.75, 3.05) is 11.6 Å². The van der Waals surface area contributed by atoms with Gasteiger partial charge in [0.25, 0.3) is 0 Å². The summed E-state index contributed by atoms with van der Waals surface area (Å²) in [5.74, 6) is 3.64. The maximum atomic E-state index is 12.3. The Hall–Kier alpha value is -2.51. The molecule has 2 aromatic heterocycles. The average molecular weight is 488 g/mol. The van der Waals surface area contributed by atoms with E-state index in [0.29, 0.717) is 27.6 Å². The number of pyridine rings is 1. The molecule has 10 heteroatoms. The van der Waals surface area contributed by atoms with Crippen molar-refractivity contribution >= 4 is 40.8 Å². The van der Waals surface area contributed by atoms with E-state index in [4.69, 9.17) is 0 Å². The fraction of sp³-hybridized carbons (Fsp3) is 0.565. The van der Waals surface area contributed by atoms with Crippen LogP contribution in [0.3, 0.4) is 0 Å². The van der Waals surface area contributed by atoms with Gasteiger partial charge in [-0.15, -0.1) is 5.54 Å². The first-order valence-corrected chi connectivity index (χ1v) is 15.5. The zero-order valence-electron chi connectivity index (χ0n) is 20.4. The van der Waals surface area contributed by atoms with Crippen LogP contribution in [0.1, 0.15) is 59.9 Å². The zero-order chi connectivity index (χ0) is 24.6. The molecular formula is C23H33N5O3SSi. The van der Waals surface area contributed by atoms with Gasteiger partial charge in [0.15, 0.2) is 5.65 Å². The Balaban J connectivity index is 2.16. The third-order valence-corrected chi connectivity index (χ3v) is 13.5. The molecule has 2 aromatic rings. The van der Waals surface area contributed by atoms with Crippen molar-refractivity contribution in [1.82, 2.24) is 20.3 Å². The zero-order valence-corrected chi connectivity index (χ0v) is 22.2. The first-order valence-electron chi connectivity index (χ1n) is 11.3. The summed E-state index contributed by atoms with van der Waals surface area (Å²) in [6.07, 6.45) is 4.43. The van der Waals surface area contributed by atoms with Gasteiger partial charge in [0.05, 0.1) is 5.39 Å². The van der Waals surface area contributed by atoms with Crippen LogP contribution in [0.2, 0.25) is 16.6 Å². The number of aromatic nitrogens is 3. The highest BCUT2D eigenvalue weighted by molar-refractivity contribution is 7.90. The van der Waals surface area contributed by atoms with Crippen molar-refractivity contribution in [1.29, 1.82) is 0 Å². The lowest BCUT2D eigenvalue weighted by Crippen LogP contribution is -2.43. The van der Waals surface area contributed by atoms with E-state index in [-0.39, 0.29) is 28.7 Å². The molecule has 33 heavy (non-hydrogen) atoms. The van der Waals surface area contributed by atoms with Crippen LogP contribution in [0.4, 0.5) is 10.6 Å². The summed E-state index contributed by atoms with van der Waals surface area (Å²) in [6, 6.07) is 1.56. The minimum atomic E-state index is -3.61. The number of sulfone groups is 1. The molecule has 178 valence electrons. The molecule has 1 aliphatic carbocycles. The van der Waals surface area contributed by atoms with E-state index in [0.717, 1.165) is 19.1 Å². The van der Waals surface area contributed by atoms with Crippen LogP contribution in [-0.2, 0) is 9.84 Å². The SMILES string of the molecule is CC(C)[Si](C#Cc1cc(NC(=O)NC2CC2)nc2nc(S(C)(=O)=O)ncc12)(C(C)C)C(C)C. The van der Waals surface area contributed by atoms with Gasteiger partial charge in [-0.3, -0.25) is 5.32 Å². The van der Waals surface area contributed by atoms with Crippen molar-refractivity contribution in [3.63, 3.8) is 0 Å². The van der Waals surface area contributed by atoms with E-state index in [2.05, 4.69) is 78.6 Å². The van der Waals surface area contributed by atoms with Crippen LogP contribution in [-0.4, -0.2) is 49.8 Å². The van der Waals surface area contributed by atoms with E-state index in [1.54, 1.807) is 6.07 Å². The maximum absolute atomic E-state index is 12.3. The van der Waals surface area contributed by atoms with Gasteiger partial charge in [0.2, 0.25) is 15.0 Å². The molecule has 3 rings (SSSR count). The van der Waals surface area contributed by atoms with Crippen molar-refractivity contribution < 1.29 is 13.2 Å². The minimum absolute atomic E-state index is 0.185. The predicted octanol–water partition coefficient (Wildman–Crippen LogP) is 4.28. The molecule has 0 unspecified atom stereocenters. The lowest BCUT2D eigenvalue weighted by molar-refractivity contribution is 0.251. The van der Waals surface area contributed by atoms with Gasteiger partial charge in [-0.25, -0.2) is 23.2 Å². The molecule has 2 heterocycles. The minimum Gasteiger partial charge on any atom is -0.335 e. The molecule has 0 spiro atoms. The molecule has 0 aromatic carbocycles. The number of carbonyl (C=O) groups is 1. The number of nitrogens with zero attached hydrogens (tertiary/aromatic N) is 3. The Morgan fingerprint density at radius 1 is 1.09 bits per heavy atom. The van der Waals surface area contributed by atoms with E-state index in [9.17, 15) is 13.2 Å². The summed E-state index contributed by atoms with van der Waals surface area (Å²) in [7, 11) is -5.63. The number of hydrogen-bond acceptors (Lipinski definition) is 6. The van der Waals surface area contributed by atoms with Crippen LogP contribution in [0.25, 0.3) is 11.0 Å². The van der Waals surface area contributed by atoms with Crippen molar-refractivity contribution in [3.05, 3.63) is 17.8 Å². The normalized spacial score (nSPS) is 14.5. The highest BCUT2D eigenvalue weighted by atomic mass is 32.2. The first-order chi connectivity index (χ1) is 15.3. The molecule has 0 aliphatic heterocycles. The van der Waals surface area contributed by atoms with Crippen molar-refractivity contribution in [3.8, 4) is 11.5 Å². The van der Waals surface area contributed by atoms with E-state index >= 15 is 0 Å². The molecule has 1 aliphatic rings. The number of hydrogen-bond donors (Lipinski definition) is 2. The summed E-state index contributed by atoms with van der Waals surface area (Å²) < 4.78 is 24.0. The average Bonchev–Trinajstić information content (AvgIpc) is 3.50. The molecule has 0 bridgehead atoms. The number of fused-ring (bicyclic) bond motifs is 1. The molecule has 0 saturated heterocycles. The monoisotopic (exact) mass is 487 g/mol. The molecule has 1 fully saturated rings. The fourth-order valence-electron chi connectivity index (χ4n) is 4.51. The van der Waals surface area contributed by atoms with Gasteiger partial charge in [-0.05, 0) is 35.5 Å². The second-order valence-corrected chi connectivity index (χ2v) is 17.2. The van der Waals surface area contributed by atoms with E-state index < -0.39 is 17.9 Å². The highest BCUT2D eigenvalue weighted by Gasteiger charge is 2.41. The number of amides is 2. The van der Waals surface area contributed by atoms with Crippen LogP contribution in [0.15, 0.2) is 17.4 Å². The predicted molar refractivity (Wildman–Crippen MR) is 134 cm³/mol. The van der Waals surface area contributed by atoms with E-state index in [1.165, 1.54) is 6.20 Å². The topological polar surface area (TPSA) is 114 Å². The smallest absolute Gasteiger partial charge is 0.320 e. The summed E-state index contributed by atoms with van der Waals surface area (Å²) in [4.78, 5) is 24.9. The molecule has 0 radical (unpaired) electrons. The summed E-state index contributed by atoms with van der Waals surface area (Å²) in [5, 5.41) is 5.85. The highest BCUT2D eigenvalue weighted by Crippen LogP contribution is 2.41. The Morgan fingerprint density at radius 3 is 2.21 bits per heavy atom. The second-order valence-electron chi connectivity index (χ2n) is 9.74. The Morgan fingerprint density at radius 2 is 1.70 bits per heavy atom. The first kappa shape index (κ1) is 25.1. The number of anilines is 1. The van der Waals surface area contributed by atoms with Gasteiger partial charge in [0, 0.05) is 24.1 Å². The largest absolute Gasteiger partial charge is 0.335 e. The van der Waals surface area contributed by atoms with Gasteiger partial charge in [0.1, 0.15) is 13.9 Å². The van der Waals surface area contributed by atoms with Crippen molar-refractivity contribution in [2.24, 2.45) is 0 Å². The number of carbonyl (C=O) groups excluding carboxylic acids is 1. The number of urea groups is 1. The standard InChI is InChI=1S/C23H33N5O3SSi/c1-14(2)33(15(3)4,16(5)6)11-10-17-12-20(27-22(29)25-18-8-9-18)26-21-19(17)13-24-23(28-21)32(7,30)31/h12-16,18H,8-9H2,1-7H3,(H2,24,25,26,27,28,29). The lowest BCUT2D eigenvalue weighted by atomic mass is 10.2. The second kappa shape index (κ2) is 9.39. The molecule has 1 saturated carbocycles. The summed E-state index contributed by atoms with van der Waals surface area (Å²) >= 11 is 0. The van der Waals surface area contributed by atoms with Crippen LogP contribution >= 0.6 is 0 Å².